The van der Waals surface area contributed by atoms with Gasteiger partial charge in [-0.15, -0.1) is 0 Å². The highest BCUT2D eigenvalue weighted by Gasteiger charge is 2.06. The summed E-state index contributed by atoms with van der Waals surface area (Å²) < 4.78 is 0. The fraction of sp³-hybridized carbons (Fsp3) is 0. The summed E-state index contributed by atoms with van der Waals surface area (Å²) in [6.45, 7) is 0. The summed E-state index contributed by atoms with van der Waals surface area (Å²) in [5, 5.41) is 6.70. The number of nitrogens with zero attached hydrogens (tertiary/aromatic N) is 2. The van der Waals surface area contributed by atoms with Gasteiger partial charge < -0.3 is 16.5 Å². The third-order valence-corrected chi connectivity index (χ3v) is 2.51. The Morgan fingerprint density at radius 1 is 1.40 bits per heavy atom. The van der Waals surface area contributed by atoms with E-state index < -0.39 is 0 Å². The van der Waals surface area contributed by atoms with Crippen LogP contribution in [0.2, 0.25) is 0 Å². The number of nitrogens with two attached hydrogens (primary N) is 2. The second-order valence-corrected chi connectivity index (χ2v) is 3.76. The molecule has 0 aliphatic heterocycles. The molecule has 0 saturated carbocycles. The maximum absolute atomic E-state index is 11.1. The second kappa shape index (κ2) is 3.65. The predicted molar refractivity (Wildman–Crippen MR) is 56.4 cm³/mol. The van der Waals surface area contributed by atoms with Gasteiger partial charge in [-0.3, -0.25) is 9.89 Å². The molecular formula is C7H8N6OS. The molecule has 0 aliphatic carbocycles. The van der Waals surface area contributed by atoms with E-state index in [2.05, 4.69) is 20.2 Å². The van der Waals surface area contributed by atoms with E-state index in [9.17, 15) is 4.79 Å². The zero-order chi connectivity index (χ0) is 10.8. The molecule has 7 nitrogen and oxygen atoms in total. The second-order valence-electron chi connectivity index (χ2n) is 2.73. The molecule has 0 aromatic carbocycles. The Kier molecular flexibility index (Phi) is 2.34. The topological polar surface area (TPSA) is 126 Å². The van der Waals surface area contributed by atoms with Crippen LogP contribution < -0.4 is 17.0 Å². The van der Waals surface area contributed by atoms with Crippen molar-refractivity contribution in [2.45, 2.75) is 10.1 Å². The van der Waals surface area contributed by atoms with Crippen molar-refractivity contribution in [1.29, 1.82) is 0 Å². The van der Waals surface area contributed by atoms with Gasteiger partial charge in [0.25, 0.3) is 5.56 Å². The highest BCUT2D eigenvalue weighted by Crippen LogP contribution is 2.27. The van der Waals surface area contributed by atoms with Crippen LogP contribution in [-0.4, -0.2) is 20.2 Å². The molecule has 2 aromatic rings. The van der Waals surface area contributed by atoms with Crippen molar-refractivity contribution < 1.29 is 0 Å². The van der Waals surface area contributed by atoms with E-state index >= 15 is 0 Å². The van der Waals surface area contributed by atoms with Crippen molar-refractivity contribution in [2.24, 2.45) is 0 Å². The average Bonchev–Trinajstić information content (AvgIpc) is 2.50. The van der Waals surface area contributed by atoms with Crippen molar-refractivity contribution in [1.82, 2.24) is 20.2 Å². The summed E-state index contributed by atoms with van der Waals surface area (Å²) in [5.41, 5.74) is 10.7. The molecule has 0 spiro atoms. The molecule has 78 valence electrons. The molecule has 0 atom stereocenters. The van der Waals surface area contributed by atoms with Crippen LogP contribution in [0.25, 0.3) is 0 Å². The van der Waals surface area contributed by atoms with Gasteiger partial charge in [0.2, 0.25) is 0 Å². The van der Waals surface area contributed by atoms with Crippen molar-refractivity contribution in [3.05, 3.63) is 22.6 Å². The maximum Gasteiger partial charge on any atom is 0.253 e. The van der Waals surface area contributed by atoms with E-state index in [1.165, 1.54) is 17.8 Å². The molecule has 6 N–H and O–H groups in total. The maximum atomic E-state index is 11.1. The molecule has 2 aromatic heterocycles. The molecule has 15 heavy (non-hydrogen) atoms. The van der Waals surface area contributed by atoms with Gasteiger partial charge in [-0.1, -0.05) is 0 Å². The van der Waals surface area contributed by atoms with Crippen LogP contribution in [0.15, 0.2) is 27.1 Å². The monoisotopic (exact) mass is 224 g/mol. The average molecular weight is 224 g/mol. The van der Waals surface area contributed by atoms with Gasteiger partial charge >= 0.3 is 0 Å². The third kappa shape index (κ3) is 2.10. The highest BCUT2D eigenvalue weighted by molar-refractivity contribution is 7.99. The number of aromatic nitrogens is 4. The molecular weight excluding hydrogens is 216 g/mol. The van der Waals surface area contributed by atoms with Gasteiger partial charge in [0, 0.05) is 6.07 Å². The van der Waals surface area contributed by atoms with Crippen molar-refractivity contribution in [3.8, 4) is 0 Å². The smallest absolute Gasteiger partial charge is 0.253 e. The molecule has 8 heteroatoms. The first-order valence-corrected chi connectivity index (χ1v) is 4.80. The number of rotatable bonds is 2. The lowest BCUT2D eigenvalue weighted by molar-refractivity contribution is 0.945. The van der Waals surface area contributed by atoms with E-state index in [1.54, 1.807) is 6.20 Å². The van der Waals surface area contributed by atoms with Crippen LogP contribution in [-0.2, 0) is 0 Å². The van der Waals surface area contributed by atoms with Crippen LogP contribution >= 0.6 is 11.8 Å². The quantitative estimate of drug-likeness (QED) is 0.523. The molecule has 0 bridgehead atoms. The Balaban J connectivity index is 2.32. The van der Waals surface area contributed by atoms with Gasteiger partial charge in [-0.25, -0.2) is 4.98 Å². The highest BCUT2D eigenvalue weighted by atomic mass is 32.2. The SMILES string of the molecule is Nc1cc(=O)[nH]c(Sc2cn[nH]c2N)n1. The summed E-state index contributed by atoms with van der Waals surface area (Å²) in [6, 6.07) is 1.21. The molecule has 0 fully saturated rings. The number of H-pyrrole nitrogens is 2. The van der Waals surface area contributed by atoms with Crippen molar-refractivity contribution >= 4 is 23.4 Å². The fourth-order valence-corrected chi connectivity index (χ4v) is 1.74. The van der Waals surface area contributed by atoms with Crippen LogP contribution in [0.5, 0.6) is 0 Å². The minimum absolute atomic E-state index is 0.170. The Bertz CT molecular complexity index is 532. The van der Waals surface area contributed by atoms with Crippen molar-refractivity contribution in [2.75, 3.05) is 11.5 Å². The fourth-order valence-electron chi connectivity index (χ4n) is 0.972. The van der Waals surface area contributed by atoms with E-state index in [-0.39, 0.29) is 11.4 Å². The first kappa shape index (κ1) is 9.59. The van der Waals surface area contributed by atoms with E-state index in [0.29, 0.717) is 15.9 Å². The molecule has 0 amide bonds. The lowest BCUT2D eigenvalue weighted by atomic mass is 10.6. The minimum atomic E-state index is -0.299. The number of anilines is 2. The van der Waals surface area contributed by atoms with Gasteiger partial charge in [0.15, 0.2) is 5.16 Å². The van der Waals surface area contributed by atoms with Crippen LogP contribution in [0.3, 0.4) is 0 Å². The Labute approximate surface area is 88.3 Å². The summed E-state index contributed by atoms with van der Waals surface area (Å²) in [5.74, 6) is 0.591. The first-order valence-electron chi connectivity index (χ1n) is 3.98. The van der Waals surface area contributed by atoms with Crippen LogP contribution in [0.1, 0.15) is 0 Å². The van der Waals surface area contributed by atoms with E-state index in [0.717, 1.165) is 0 Å². The standard InChI is InChI=1S/C7H8N6OS/c8-4-1-5(14)12-7(11-4)15-3-2-10-13-6(3)9/h1-2H,(H3,9,10,13)(H3,8,11,12,14). The van der Waals surface area contributed by atoms with Gasteiger partial charge in [0.05, 0.1) is 11.1 Å². The first-order chi connectivity index (χ1) is 7.15. The van der Waals surface area contributed by atoms with Gasteiger partial charge in [0.1, 0.15) is 11.6 Å². The molecule has 0 aliphatic rings. The molecule has 2 rings (SSSR count). The number of nitrogens with one attached hydrogen (secondary N) is 2. The third-order valence-electron chi connectivity index (χ3n) is 1.58. The number of aromatic amines is 2. The predicted octanol–water partition coefficient (Wildman–Crippen LogP) is -0.191. The zero-order valence-corrected chi connectivity index (χ0v) is 8.34. The molecule has 2 heterocycles. The number of hydrogen-bond donors (Lipinski definition) is 4. The normalized spacial score (nSPS) is 10.4. The number of hydrogen-bond acceptors (Lipinski definition) is 6. The molecule has 0 saturated heterocycles. The summed E-state index contributed by atoms with van der Waals surface area (Å²) >= 11 is 1.18. The molecule has 0 radical (unpaired) electrons. The Morgan fingerprint density at radius 2 is 2.20 bits per heavy atom. The summed E-state index contributed by atoms with van der Waals surface area (Å²) in [6.07, 6.45) is 1.54. The lowest BCUT2D eigenvalue weighted by Gasteiger charge is -1.99. The van der Waals surface area contributed by atoms with Crippen LogP contribution in [0.4, 0.5) is 11.6 Å². The zero-order valence-electron chi connectivity index (χ0n) is 7.52. The Morgan fingerprint density at radius 3 is 2.80 bits per heavy atom. The lowest BCUT2D eigenvalue weighted by Crippen LogP contribution is -2.09. The van der Waals surface area contributed by atoms with Gasteiger partial charge in [-0.2, -0.15) is 5.10 Å². The Hall–Kier alpha value is -1.96. The molecule has 0 unspecified atom stereocenters. The van der Waals surface area contributed by atoms with E-state index in [4.69, 9.17) is 11.5 Å². The summed E-state index contributed by atoms with van der Waals surface area (Å²) in [7, 11) is 0. The number of nitrogen functional groups attached to an aromatic ring is 2. The van der Waals surface area contributed by atoms with Crippen molar-refractivity contribution in [3.63, 3.8) is 0 Å². The largest absolute Gasteiger partial charge is 0.383 e. The summed E-state index contributed by atoms with van der Waals surface area (Å²) in [4.78, 5) is 18.2. The minimum Gasteiger partial charge on any atom is -0.383 e. The van der Waals surface area contributed by atoms with Gasteiger partial charge in [-0.05, 0) is 11.8 Å². The van der Waals surface area contributed by atoms with E-state index in [1.807, 2.05) is 0 Å². The van der Waals surface area contributed by atoms with Crippen LogP contribution in [0, 0.1) is 0 Å².